The molecule has 1 heterocycles. The maximum Gasteiger partial charge on any atom is 0.250 e. The summed E-state index contributed by atoms with van der Waals surface area (Å²) in [7, 11) is -3.36. The van der Waals surface area contributed by atoms with Crippen molar-refractivity contribution in [2.75, 3.05) is 6.54 Å². The fraction of sp³-hybridized carbons (Fsp3) is 0.556. The lowest BCUT2D eigenvalue weighted by molar-refractivity contribution is 0.557. The first-order valence-corrected chi connectivity index (χ1v) is 7.40. The van der Waals surface area contributed by atoms with Gasteiger partial charge in [-0.2, -0.15) is 0 Å². The standard InChI is InChI=1S/C9H14ClNO2S2/c1-7(2)8(10)6-11-15(12,13)9-4-3-5-14-9/h3-5,7-8,11H,6H2,1-2H3. The van der Waals surface area contributed by atoms with Gasteiger partial charge in [-0.15, -0.1) is 22.9 Å². The number of sulfonamides is 1. The molecule has 0 aromatic carbocycles. The van der Waals surface area contributed by atoms with E-state index in [4.69, 9.17) is 11.6 Å². The molecule has 1 aromatic heterocycles. The molecule has 86 valence electrons. The predicted molar refractivity (Wildman–Crippen MR) is 64.0 cm³/mol. The van der Waals surface area contributed by atoms with E-state index in [1.807, 2.05) is 13.8 Å². The number of halogens is 1. The maximum absolute atomic E-state index is 11.7. The largest absolute Gasteiger partial charge is 0.250 e. The normalized spacial score (nSPS) is 14.4. The minimum absolute atomic E-state index is 0.181. The van der Waals surface area contributed by atoms with Crippen LogP contribution in [0, 0.1) is 5.92 Å². The summed E-state index contributed by atoms with van der Waals surface area (Å²) in [6, 6.07) is 3.28. The molecule has 0 spiro atoms. The van der Waals surface area contributed by atoms with E-state index in [0.29, 0.717) is 4.21 Å². The summed E-state index contributed by atoms with van der Waals surface area (Å²) in [6.07, 6.45) is 0. The lowest BCUT2D eigenvalue weighted by Crippen LogP contribution is -2.31. The van der Waals surface area contributed by atoms with Crippen LogP contribution in [0.3, 0.4) is 0 Å². The molecule has 0 amide bonds. The van der Waals surface area contributed by atoms with Gasteiger partial charge in [0.25, 0.3) is 0 Å². The fourth-order valence-electron chi connectivity index (χ4n) is 0.913. The molecule has 0 bridgehead atoms. The fourth-order valence-corrected chi connectivity index (χ4v) is 3.18. The Kier molecular flexibility index (Phi) is 4.58. The SMILES string of the molecule is CC(C)C(Cl)CNS(=O)(=O)c1cccs1. The van der Waals surface area contributed by atoms with E-state index in [1.54, 1.807) is 17.5 Å². The van der Waals surface area contributed by atoms with Crippen LogP contribution in [0.1, 0.15) is 13.8 Å². The summed E-state index contributed by atoms with van der Waals surface area (Å²) in [5, 5.41) is 1.55. The highest BCUT2D eigenvalue weighted by atomic mass is 35.5. The Morgan fingerprint density at radius 1 is 1.53 bits per heavy atom. The van der Waals surface area contributed by atoms with Gasteiger partial charge in [0.05, 0.1) is 0 Å². The molecular formula is C9H14ClNO2S2. The van der Waals surface area contributed by atoms with Crippen LogP contribution in [0.2, 0.25) is 0 Å². The predicted octanol–water partition coefficient (Wildman–Crippen LogP) is 2.29. The average molecular weight is 268 g/mol. The van der Waals surface area contributed by atoms with Crippen LogP contribution >= 0.6 is 22.9 Å². The number of hydrogen-bond acceptors (Lipinski definition) is 3. The Morgan fingerprint density at radius 2 is 2.20 bits per heavy atom. The zero-order chi connectivity index (χ0) is 11.5. The van der Waals surface area contributed by atoms with Crippen molar-refractivity contribution in [3.8, 4) is 0 Å². The molecule has 6 heteroatoms. The van der Waals surface area contributed by atoms with E-state index in [-0.39, 0.29) is 17.8 Å². The molecular weight excluding hydrogens is 254 g/mol. The molecule has 15 heavy (non-hydrogen) atoms. The van der Waals surface area contributed by atoms with Gasteiger partial charge in [0.2, 0.25) is 10.0 Å². The van der Waals surface area contributed by atoms with Crippen LogP contribution in [0.4, 0.5) is 0 Å². The van der Waals surface area contributed by atoms with Crippen molar-refractivity contribution < 1.29 is 8.42 Å². The number of thiophene rings is 1. The van der Waals surface area contributed by atoms with Crippen LogP contribution < -0.4 is 4.72 Å². The molecule has 1 atom stereocenters. The molecule has 0 aliphatic heterocycles. The molecule has 3 nitrogen and oxygen atoms in total. The Morgan fingerprint density at radius 3 is 2.67 bits per heavy atom. The summed E-state index contributed by atoms with van der Waals surface area (Å²) < 4.78 is 26.1. The Hall–Kier alpha value is -0.100. The van der Waals surface area contributed by atoms with Crippen LogP contribution in [-0.4, -0.2) is 20.3 Å². The van der Waals surface area contributed by atoms with E-state index in [0.717, 1.165) is 0 Å². The zero-order valence-electron chi connectivity index (χ0n) is 8.60. The van der Waals surface area contributed by atoms with Gasteiger partial charge in [-0.3, -0.25) is 0 Å². The summed E-state index contributed by atoms with van der Waals surface area (Å²) in [4.78, 5) is 0. The molecule has 0 aliphatic rings. The van der Waals surface area contributed by atoms with E-state index in [2.05, 4.69) is 4.72 Å². The molecule has 0 saturated heterocycles. The highest BCUT2D eigenvalue weighted by molar-refractivity contribution is 7.91. The van der Waals surface area contributed by atoms with Crippen molar-refractivity contribution in [3.05, 3.63) is 17.5 Å². The molecule has 1 N–H and O–H groups in total. The Bertz CT molecular complexity index is 386. The number of rotatable bonds is 5. The molecule has 0 aliphatic carbocycles. The highest BCUT2D eigenvalue weighted by Crippen LogP contribution is 2.16. The second-order valence-electron chi connectivity index (χ2n) is 3.54. The third kappa shape index (κ3) is 3.75. The maximum atomic E-state index is 11.7. The van der Waals surface area contributed by atoms with Crippen molar-refractivity contribution in [2.45, 2.75) is 23.4 Å². The summed E-state index contributed by atoms with van der Waals surface area (Å²) in [6.45, 7) is 4.17. The summed E-state index contributed by atoms with van der Waals surface area (Å²) >= 11 is 7.16. The first kappa shape index (κ1) is 13.0. The quantitative estimate of drug-likeness (QED) is 0.832. The minimum atomic E-state index is -3.36. The van der Waals surface area contributed by atoms with Crippen molar-refractivity contribution >= 4 is 33.0 Å². The number of alkyl halides is 1. The summed E-state index contributed by atoms with van der Waals surface area (Å²) in [5.41, 5.74) is 0. The van der Waals surface area contributed by atoms with E-state index in [9.17, 15) is 8.42 Å². The highest BCUT2D eigenvalue weighted by Gasteiger charge is 2.17. The first-order valence-electron chi connectivity index (χ1n) is 4.60. The monoisotopic (exact) mass is 267 g/mol. The second kappa shape index (κ2) is 5.30. The Balaban J connectivity index is 2.59. The van der Waals surface area contributed by atoms with Crippen molar-refractivity contribution in [1.82, 2.24) is 4.72 Å². The van der Waals surface area contributed by atoms with Crippen molar-refractivity contribution in [1.29, 1.82) is 0 Å². The van der Waals surface area contributed by atoms with Crippen LogP contribution in [0.15, 0.2) is 21.7 Å². The van der Waals surface area contributed by atoms with Gasteiger partial charge in [0.1, 0.15) is 4.21 Å². The average Bonchev–Trinajstić information content (AvgIpc) is 2.67. The molecule has 0 saturated carbocycles. The van der Waals surface area contributed by atoms with Crippen LogP contribution in [0.5, 0.6) is 0 Å². The third-order valence-corrected chi connectivity index (χ3v) is 5.43. The third-order valence-electron chi connectivity index (χ3n) is 1.95. The Labute approximate surface area is 99.5 Å². The minimum Gasteiger partial charge on any atom is -0.209 e. The molecule has 0 radical (unpaired) electrons. The van der Waals surface area contributed by atoms with Crippen LogP contribution in [-0.2, 0) is 10.0 Å². The van der Waals surface area contributed by atoms with E-state index in [1.165, 1.54) is 11.3 Å². The second-order valence-corrected chi connectivity index (χ2v) is 7.05. The van der Waals surface area contributed by atoms with Gasteiger partial charge < -0.3 is 0 Å². The number of nitrogens with one attached hydrogen (secondary N) is 1. The van der Waals surface area contributed by atoms with Crippen molar-refractivity contribution in [3.63, 3.8) is 0 Å². The number of hydrogen-bond donors (Lipinski definition) is 1. The van der Waals surface area contributed by atoms with Gasteiger partial charge in [-0.25, -0.2) is 13.1 Å². The van der Waals surface area contributed by atoms with Gasteiger partial charge in [0, 0.05) is 11.9 Å². The molecule has 1 rings (SSSR count). The van der Waals surface area contributed by atoms with Gasteiger partial charge >= 0.3 is 0 Å². The van der Waals surface area contributed by atoms with E-state index < -0.39 is 10.0 Å². The lowest BCUT2D eigenvalue weighted by atomic mass is 10.1. The van der Waals surface area contributed by atoms with Gasteiger partial charge in [0.15, 0.2) is 0 Å². The topological polar surface area (TPSA) is 46.2 Å². The van der Waals surface area contributed by atoms with Gasteiger partial charge in [-0.05, 0) is 17.4 Å². The van der Waals surface area contributed by atoms with Crippen LogP contribution in [0.25, 0.3) is 0 Å². The zero-order valence-corrected chi connectivity index (χ0v) is 11.0. The first-order chi connectivity index (χ1) is 6.93. The molecule has 1 unspecified atom stereocenters. The van der Waals surface area contributed by atoms with Gasteiger partial charge in [-0.1, -0.05) is 19.9 Å². The molecule has 1 aromatic rings. The molecule has 0 fully saturated rings. The van der Waals surface area contributed by atoms with E-state index >= 15 is 0 Å². The lowest BCUT2D eigenvalue weighted by Gasteiger charge is -2.13. The smallest absolute Gasteiger partial charge is 0.209 e. The summed E-state index contributed by atoms with van der Waals surface area (Å²) in [5.74, 6) is 0.248. The van der Waals surface area contributed by atoms with Crippen molar-refractivity contribution in [2.24, 2.45) is 5.92 Å².